The first kappa shape index (κ1) is 16.8. The van der Waals surface area contributed by atoms with E-state index in [1.54, 1.807) is 24.6 Å². The molecule has 0 radical (unpaired) electrons. The number of ether oxygens (including phenoxy) is 1. The van der Waals surface area contributed by atoms with Gasteiger partial charge < -0.3 is 9.64 Å². The van der Waals surface area contributed by atoms with Crippen LogP contribution < -0.4 is 4.74 Å². The molecule has 1 aliphatic rings. The van der Waals surface area contributed by atoms with Crippen molar-refractivity contribution in [2.45, 2.75) is 25.3 Å². The van der Waals surface area contributed by atoms with E-state index in [-0.39, 0.29) is 11.9 Å². The lowest BCUT2D eigenvalue weighted by atomic mass is 9.94. The van der Waals surface area contributed by atoms with Gasteiger partial charge in [-0.1, -0.05) is 18.2 Å². The van der Waals surface area contributed by atoms with Crippen LogP contribution in [0.3, 0.4) is 0 Å². The Hall–Kier alpha value is -2.60. The van der Waals surface area contributed by atoms with Crippen LogP contribution >= 0.6 is 11.3 Å². The molecular formula is C20H21N3O2S. The van der Waals surface area contributed by atoms with Gasteiger partial charge in [0, 0.05) is 6.54 Å². The van der Waals surface area contributed by atoms with Gasteiger partial charge in [0.15, 0.2) is 0 Å². The van der Waals surface area contributed by atoms with Crippen LogP contribution in [-0.4, -0.2) is 34.7 Å². The van der Waals surface area contributed by atoms with Crippen molar-refractivity contribution in [3.63, 3.8) is 0 Å². The van der Waals surface area contributed by atoms with Crippen molar-refractivity contribution in [3.8, 4) is 16.3 Å². The maximum Gasteiger partial charge on any atom is 0.258 e. The van der Waals surface area contributed by atoms with Gasteiger partial charge in [-0.15, -0.1) is 11.3 Å². The van der Waals surface area contributed by atoms with Crippen molar-refractivity contribution in [1.82, 2.24) is 15.1 Å². The normalized spacial score (nSPS) is 17.3. The van der Waals surface area contributed by atoms with Gasteiger partial charge in [-0.3, -0.25) is 9.89 Å². The molecule has 1 amide bonds. The number of benzene rings is 1. The zero-order valence-electron chi connectivity index (χ0n) is 14.6. The van der Waals surface area contributed by atoms with E-state index in [9.17, 15) is 4.79 Å². The van der Waals surface area contributed by atoms with Crippen LogP contribution in [0, 0.1) is 0 Å². The monoisotopic (exact) mass is 367 g/mol. The van der Waals surface area contributed by atoms with E-state index in [1.165, 1.54) is 0 Å². The number of rotatable bonds is 4. The Labute approximate surface area is 156 Å². The highest BCUT2D eigenvalue weighted by molar-refractivity contribution is 7.13. The molecule has 1 fully saturated rings. The van der Waals surface area contributed by atoms with Crippen LogP contribution in [0.2, 0.25) is 0 Å². The van der Waals surface area contributed by atoms with E-state index < -0.39 is 0 Å². The summed E-state index contributed by atoms with van der Waals surface area (Å²) in [4.78, 5) is 16.4. The lowest BCUT2D eigenvalue weighted by Gasteiger charge is -2.36. The lowest BCUT2D eigenvalue weighted by molar-refractivity contribution is 0.0612. The molecule has 0 aliphatic carbocycles. The molecular weight excluding hydrogens is 346 g/mol. The minimum Gasteiger partial charge on any atom is -0.497 e. The minimum atomic E-state index is 0.0367. The fourth-order valence-electron chi connectivity index (χ4n) is 3.58. The summed E-state index contributed by atoms with van der Waals surface area (Å²) in [6.07, 6.45) is 4.76. The summed E-state index contributed by atoms with van der Waals surface area (Å²) >= 11 is 1.60. The Balaban J connectivity index is 1.67. The number of aromatic nitrogens is 2. The molecule has 5 nitrogen and oxygen atoms in total. The predicted octanol–water partition coefficient (Wildman–Crippen LogP) is 4.51. The number of aromatic amines is 1. The van der Waals surface area contributed by atoms with Gasteiger partial charge in [-0.25, -0.2) is 0 Å². The summed E-state index contributed by atoms with van der Waals surface area (Å²) in [7, 11) is 1.67. The molecule has 1 aliphatic heterocycles. The van der Waals surface area contributed by atoms with E-state index in [0.717, 1.165) is 47.7 Å². The number of hydrogen-bond donors (Lipinski definition) is 1. The number of hydrogen-bond acceptors (Lipinski definition) is 4. The van der Waals surface area contributed by atoms with Crippen molar-refractivity contribution in [2.24, 2.45) is 0 Å². The first-order valence-electron chi connectivity index (χ1n) is 8.80. The van der Waals surface area contributed by atoms with Crippen molar-refractivity contribution >= 4 is 17.2 Å². The van der Waals surface area contributed by atoms with E-state index in [1.807, 2.05) is 40.6 Å². The van der Waals surface area contributed by atoms with Crippen LogP contribution in [0.15, 0.2) is 48.0 Å². The highest BCUT2D eigenvalue weighted by atomic mass is 32.1. The standard InChI is InChI=1S/C20H21N3O2S/c1-25-15-7-4-6-14(12-15)17-8-2-3-10-23(17)20(24)16-13-21-22-19(16)18-9-5-11-26-18/h4-7,9,11-13,17H,2-3,8,10H2,1H3,(H,21,22)/t17-/m1/s1. The summed E-state index contributed by atoms with van der Waals surface area (Å²) in [5.74, 6) is 0.859. The number of carbonyl (C=O) groups excluding carboxylic acids is 1. The van der Waals surface area contributed by atoms with E-state index in [4.69, 9.17) is 4.74 Å². The van der Waals surface area contributed by atoms with E-state index >= 15 is 0 Å². The number of likely N-dealkylation sites (tertiary alicyclic amines) is 1. The van der Waals surface area contributed by atoms with Gasteiger partial charge in [0.2, 0.25) is 0 Å². The number of H-pyrrole nitrogens is 1. The second-order valence-electron chi connectivity index (χ2n) is 6.42. The summed E-state index contributed by atoms with van der Waals surface area (Å²) < 4.78 is 5.36. The fourth-order valence-corrected chi connectivity index (χ4v) is 4.32. The molecule has 4 rings (SSSR count). The van der Waals surface area contributed by atoms with E-state index in [0.29, 0.717) is 5.56 Å². The number of thiophene rings is 1. The molecule has 1 aromatic carbocycles. The molecule has 0 unspecified atom stereocenters. The topological polar surface area (TPSA) is 58.2 Å². The average molecular weight is 367 g/mol. The van der Waals surface area contributed by atoms with Crippen LogP contribution in [0.1, 0.15) is 41.2 Å². The molecule has 0 bridgehead atoms. The second-order valence-corrected chi connectivity index (χ2v) is 7.37. The number of methoxy groups -OCH3 is 1. The lowest BCUT2D eigenvalue weighted by Crippen LogP contribution is -2.38. The predicted molar refractivity (Wildman–Crippen MR) is 103 cm³/mol. The minimum absolute atomic E-state index is 0.0367. The van der Waals surface area contributed by atoms with Gasteiger partial charge in [-0.05, 0) is 48.4 Å². The van der Waals surface area contributed by atoms with Crippen molar-refractivity contribution < 1.29 is 9.53 Å². The fraction of sp³-hybridized carbons (Fsp3) is 0.300. The first-order chi connectivity index (χ1) is 12.8. The van der Waals surface area contributed by atoms with Gasteiger partial charge in [-0.2, -0.15) is 5.10 Å². The third-order valence-electron chi connectivity index (χ3n) is 4.88. The number of amides is 1. The summed E-state index contributed by atoms with van der Waals surface area (Å²) in [6, 6.07) is 12.1. The summed E-state index contributed by atoms with van der Waals surface area (Å²) in [5, 5.41) is 9.13. The maximum atomic E-state index is 13.4. The highest BCUT2D eigenvalue weighted by Gasteiger charge is 2.31. The Morgan fingerprint density at radius 2 is 2.23 bits per heavy atom. The summed E-state index contributed by atoms with van der Waals surface area (Å²) in [6.45, 7) is 0.760. The number of nitrogens with zero attached hydrogens (tertiary/aromatic N) is 2. The third-order valence-corrected chi connectivity index (χ3v) is 5.77. The largest absolute Gasteiger partial charge is 0.497 e. The molecule has 6 heteroatoms. The molecule has 2 aromatic heterocycles. The Morgan fingerprint density at radius 3 is 3.04 bits per heavy atom. The molecule has 1 atom stereocenters. The van der Waals surface area contributed by atoms with Crippen LogP contribution in [0.4, 0.5) is 0 Å². The van der Waals surface area contributed by atoms with Crippen molar-refractivity contribution in [2.75, 3.05) is 13.7 Å². The molecule has 3 heterocycles. The number of carbonyl (C=O) groups is 1. The molecule has 1 saturated heterocycles. The maximum absolute atomic E-state index is 13.4. The smallest absolute Gasteiger partial charge is 0.258 e. The van der Waals surface area contributed by atoms with Gasteiger partial charge in [0.25, 0.3) is 5.91 Å². The second kappa shape index (κ2) is 7.33. The molecule has 0 spiro atoms. The van der Waals surface area contributed by atoms with Crippen LogP contribution in [0.25, 0.3) is 10.6 Å². The highest BCUT2D eigenvalue weighted by Crippen LogP contribution is 2.35. The molecule has 3 aromatic rings. The quantitative estimate of drug-likeness (QED) is 0.738. The number of piperidine rings is 1. The molecule has 1 N–H and O–H groups in total. The van der Waals surface area contributed by atoms with Gasteiger partial charge >= 0.3 is 0 Å². The first-order valence-corrected chi connectivity index (χ1v) is 9.68. The molecule has 0 saturated carbocycles. The zero-order chi connectivity index (χ0) is 17.9. The summed E-state index contributed by atoms with van der Waals surface area (Å²) in [5.41, 5.74) is 2.57. The number of nitrogens with one attached hydrogen (secondary N) is 1. The van der Waals surface area contributed by atoms with Crippen molar-refractivity contribution in [1.29, 1.82) is 0 Å². The molecule has 26 heavy (non-hydrogen) atoms. The zero-order valence-corrected chi connectivity index (χ0v) is 15.5. The Morgan fingerprint density at radius 1 is 1.31 bits per heavy atom. The third kappa shape index (κ3) is 3.12. The van der Waals surface area contributed by atoms with Crippen molar-refractivity contribution in [3.05, 3.63) is 59.1 Å². The van der Waals surface area contributed by atoms with E-state index in [2.05, 4.69) is 16.3 Å². The average Bonchev–Trinajstić information content (AvgIpc) is 3.38. The van der Waals surface area contributed by atoms with Crippen LogP contribution in [-0.2, 0) is 0 Å². The van der Waals surface area contributed by atoms with Crippen LogP contribution in [0.5, 0.6) is 5.75 Å². The van der Waals surface area contributed by atoms with Gasteiger partial charge in [0.1, 0.15) is 5.75 Å². The molecule has 134 valence electrons. The van der Waals surface area contributed by atoms with Gasteiger partial charge in [0.05, 0.1) is 35.5 Å². The Kier molecular flexibility index (Phi) is 4.75. The SMILES string of the molecule is COc1cccc([C@H]2CCCCN2C(=O)c2cn[nH]c2-c2cccs2)c1. The Bertz CT molecular complexity index is 888.